The number of aromatic nitrogens is 1. The molecule has 8 heteroatoms. The number of carbonyl (C=O) groups is 2. The Bertz CT molecular complexity index is 1410. The summed E-state index contributed by atoms with van der Waals surface area (Å²) >= 11 is 0. The third-order valence-electron chi connectivity index (χ3n) is 7.66. The molecule has 0 fully saturated rings. The third kappa shape index (κ3) is 4.92. The second kappa shape index (κ2) is 10.6. The highest BCUT2D eigenvalue weighted by atomic mass is 19.1. The molecule has 0 saturated heterocycles. The molecule has 2 aromatic carbocycles. The SMILES string of the molecule is COc1ccc2[nH]c3c(c2c1F)C[C@@](C)(C(=O)N(CCCN(C)C)C(C)=O)C(C)=C[C@@H]3c1cccc(O)c1. The molecule has 7 nitrogen and oxygen atoms in total. The summed E-state index contributed by atoms with van der Waals surface area (Å²) in [5.41, 5.74) is 2.47. The monoisotopic (exact) mass is 521 g/mol. The summed E-state index contributed by atoms with van der Waals surface area (Å²) in [5, 5.41) is 10.6. The van der Waals surface area contributed by atoms with Gasteiger partial charge in [-0.25, -0.2) is 4.39 Å². The Morgan fingerprint density at radius 2 is 1.95 bits per heavy atom. The minimum absolute atomic E-state index is 0.115. The number of hydrogen-bond donors (Lipinski definition) is 2. The number of methoxy groups -OCH3 is 1. The number of rotatable bonds is 7. The predicted octanol–water partition coefficient (Wildman–Crippen LogP) is 4.99. The molecule has 1 aliphatic carbocycles. The Balaban J connectivity index is 1.91. The molecule has 2 amide bonds. The molecule has 0 radical (unpaired) electrons. The van der Waals surface area contributed by atoms with Gasteiger partial charge in [-0.2, -0.15) is 0 Å². The second-order valence-corrected chi connectivity index (χ2v) is 10.6. The Labute approximate surface area is 222 Å². The first kappa shape index (κ1) is 27.4. The summed E-state index contributed by atoms with van der Waals surface area (Å²) in [5.74, 6) is -1.26. The molecule has 0 unspecified atom stereocenters. The van der Waals surface area contributed by atoms with Crippen molar-refractivity contribution >= 4 is 22.7 Å². The van der Waals surface area contributed by atoms with Crippen LogP contribution < -0.4 is 4.74 Å². The standard InChI is InChI=1S/C30H36FN3O4/c1-18-15-22(20-9-7-10-21(36)16-20)28-23(26-24(32-28)11-12-25(38-6)27(26)31)17-30(18,3)29(37)34(19(2)35)14-8-13-33(4)5/h7,9-12,15-16,22,32,36H,8,13-14,17H2,1-6H3/t22-,30-/m1/s1. The van der Waals surface area contributed by atoms with E-state index in [9.17, 15) is 14.7 Å². The molecule has 0 spiro atoms. The van der Waals surface area contributed by atoms with Crippen LogP contribution in [0, 0.1) is 11.2 Å². The number of hydrogen-bond acceptors (Lipinski definition) is 5. The van der Waals surface area contributed by atoms with Gasteiger partial charge in [-0.15, -0.1) is 0 Å². The summed E-state index contributed by atoms with van der Waals surface area (Å²) in [7, 11) is 5.31. The van der Waals surface area contributed by atoms with E-state index in [1.807, 2.05) is 45.0 Å². The fourth-order valence-electron chi connectivity index (χ4n) is 5.40. The maximum absolute atomic E-state index is 15.7. The number of amides is 2. The van der Waals surface area contributed by atoms with E-state index in [0.717, 1.165) is 23.4 Å². The summed E-state index contributed by atoms with van der Waals surface area (Å²) in [6.07, 6.45) is 2.83. The molecule has 2 atom stereocenters. The first-order chi connectivity index (χ1) is 18.0. The van der Waals surface area contributed by atoms with Crippen molar-refractivity contribution in [1.29, 1.82) is 0 Å². The number of phenols is 1. The van der Waals surface area contributed by atoms with Crippen LogP contribution in [0.4, 0.5) is 4.39 Å². The van der Waals surface area contributed by atoms with E-state index >= 15 is 4.39 Å². The average Bonchev–Trinajstić information content (AvgIpc) is 3.17. The predicted molar refractivity (Wildman–Crippen MR) is 146 cm³/mol. The maximum Gasteiger partial charge on any atom is 0.239 e. The Kier molecular flexibility index (Phi) is 7.65. The van der Waals surface area contributed by atoms with Crippen LogP contribution in [0.2, 0.25) is 0 Å². The van der Waals surface area contributed by atoms with Gasteiger partial charge in [-0.3, -0.25) is 14.5 Å². The van der Waals surface area contributed by atoms with Crippen molar-refractivity contribution < 1.29 is 23.8 Å². The lowest BCUT2D eigenvalue weighted by Crippen LogP contribution is -2.47. The fourth-order valence-corrected chi connectivity index (χ4v) is 5.40. The number of aromatic amines is 1. The number of phenolic OH excluding ortho intramolecular Hbond substituents is 1. The van der Waals surface area contributed by atoms with Gasteiger partial charge < -0.3 is 19.7 Å². The molecule has 38 heavy (non-hydrogen) atoms. The molecule has 1 aliphatic rings. The van der Waals surface area contributed by atoms with E-state index in [-0.39, 0.29) is 35.7 Å². The zero-order valence-corrected chi connectivity index (χ0v) is 22.9. The van der Waals surface area contributed by atoms with Crippen LogP contribution in [0.25, 0.3) is 10.9 Å². The van der Waals surface area contributed by atoms with E-state index in [2.05, 4.69) is 4.98 Å². The van der Waals surface area contributed by atoms with Gasteiger partial charge in [0.15, 0.2) is 11.6 Å². The molecule has 3 aromatic rings. The number of H-pyrrole nitrogens is 1. The molecule has 202 valence electrons. The molecule has 2 N–H and O–H groups in total. The quantitative estimate of drug-likeness (QED) is 0.428. The van der Waals surface area contributed by atoms with Gasteiger partial charge in [0.05, 0.1) is 12.5 Å². The van der Waals surface area contributed by atoms with Crippen LogP contribution in [0.1, 0.15) is 49.9 Å². The minimum atomic E-state index is -1.10. The smallest absolute Gasteiger partial charge is 0.239 e. The highest BCUT2D eigenvalue weighted by Crippen LogP contribution is 2.46. The van der Waals surface area contributed by atoms with Crippen molar-refractivity contribution in [2.45, 2.75) is 39.5 Å². The summed E-state index contributed by atoms with van der Waals surface area (Å²) in [6.45, 7) is 6.16. The van der Waals surface area contributed by atoms with Crippen molar-refractivity contribution in [2.24, 2.45) is 5.41 Å². The average molecular weight is 522 g/mol. The summed E-state index contributed by atoms with van der Waals surface area (Å²) in [4.78, 5) is 33.5. The normalized spacial score (nSPS) is 19.2. The largest absolute Gasteiger partial charge is 0.508 e. The number of fused-ring (bicyclic) bond motifs is 3. The van der Waals surface area contributed by atoms with Gasteiger partial charge in [-0.1, -0.05) is 23.8 Å². The van der Waals surface area contributed by atoms with Crippen LogP contribution in [0.5, 0.6) is 11.5 Å². The van der Waals surface area contributed by atoms with Crippen molar-refractivity contribution in [2.75, 3.05) is 34.3 Å². The number of imide groups is 1. The highest BCUT2D eigenvalue weighted by Gasteiger charge is 2.44. The lowest BCUT2D eigenvalue weighted by atomic mass is 9.76. The van der Waals surface area contributed by atoms with Gasteiger partial charge in [0, 0.05) is 36.0 Å². The van der Waals surface area contributed by atoms with Crippen LogP contribution in [-0.2, 0) is 16.0 Å². The summed E-state index contributed by atoms with van der Waals surface area (Å²) < 4.78 is 21.0. The molecule has 0 saturated carbocycles. The van der Waals surface area contributed by atoms with Gasteiger partial charge in [0.1, 0.15) is 5.75 Å². The Hall–Kier alpha value is -3.65. The topological polar surface area (TPSA) is 85.9 Å². The number of halogens is 1. The zero-order valence-electron chi connectivity index (χ0n) is 22.9. The Morgan fingerprint density at radius 3 is 2.58 bits per heavy atom. The lowest BCUT2D eigenvalue weighted by molar-refractivity contribution is -0.149. The van der Waals surface area contributed by atoms with Gasteiger partial charge >= 0.3 is 0 Å². The lowest BCUT2D eigenvalue weighted by Gasteiger charge is -2.34. The number of nitrogens with zero attached hydrogens (tertiary/aromatic N) is 2. The van der Waals surface area contributed by atoms with Crippen LogP contribution in [0.3, 0.4) is 0 Å². The van der Waals surface area contributed by atoms with E-state index in [0.29, 0.717) is 29.4 Å². The maximum atomic E-state index is 15.7. The number of carbonyl (C=O) groups excluding carboxylic acids is 2. The van der Waals surface area contributed by atoms with Crippen molar-refractivity contribution in [3.8, 4) is 11.5 Å². The minimum Gasteiger partial charge on any atom is -0.508 e. The van der Waals surface area contributed by atoms with E-state index < -0.39 is 11.2 Å². The van der Waals surface area contributed by atoms with Crippen LogP contribution in [0.15, 0.2) is 48.0 Å². The molecular formula is C30H36FN3O4. The fraction of sp³-hybridized carbons (Fsp3) is 0.400. The van der Waals surface area contributed by atoms with E-state index in [1.54, 1.807) is 30.3 Å². The number of aromatic hydroxyl groups is 1. The third-order valence-corrected chi connectivity index (χ3v) is 7.66. The first-order valence-corrected chi connectivity index (χ1v) is 12.8. The number of benzene rings is 2. The first-order valence-electron chi connectivity index (χ1n) is 12.8. The number of ether oxygens (including phenoxy) is 1. The van der Waals surface area contributed by atoms with Gasteiger partial charge in [0.25, 0.3) is 0 Å². The second-order valence-electron chi connectivity index (χ2n) is 10.6. The molecular weight excluding hydrogens is 485 g/mol. The van der Waals surface area contributed by atoms with Crippen molar-refractivity contribution in [3.05, 3.63) is 70.7 Å². The zero-order chi connectivity index (χ0) is 27.8. The molecule has 0 aliphatic heterocycles. The van der Waals surface area contributed by atoms with Gasteiger partial charge in [0.2, 0.25) is 11.8 Å². The highest BCUT2D eigenvalue weighted by molar-refractivity contribution is 5.99. The summed E-state index contributed by atoms with van der Waals surface area (Å²) in [6, 6.07) is 10.3. The molecule has 1 aromatic heterocycles. The van der Waals surface area contributed by atoms with E-state index in [1.165, 1.54) is 18.9 Å². The molecule has 0 bridgehead atoms. The Morgan fingerprint density at radius 1 is 1.21 bits per heavy atom. The number of allylic oxidation sites excluding steroid dienone is 1. The van der Waals surface area contributed by atoms with E-state index in [4.69, 9.17) is 4.74 Å². The van der Waals surface area contributed by atoms with Crippen molar-refractivity contribution in [1.82, 2.24) is 14.8 Å². The van der Waals surface area contributed by atoms with Crippen LogP contribution in [-0.4, -0.2) is 66.0 Å². The van der Waals surface area contributed by atoms with Crippen molar-refractivity contribution in [3.63, 3.8) is 0 Å². The molecule has 1 heterocycles. The number of nitrogens with one attached hydrogen (secondary N) is 1. The van der Waals surface area contributed by atoms with Crippen LogP contribution >= 0.6 is 0 Å². The van der Waals surface area contributed by atoms with Gasteiger partial charge in [-0.05, 0) is 82.7 Å². The molecule has 4 rings (SSSR count).